The second kappa shape index (κ2) is 10.1. The van der Waals surface area contributed by atoms with E-state index in [1.54, 1.807) is 24.3 Å². The van der Waals surface area contributed by atoms with Gasteiger partial charge in [-0.2, -0.15) is 0 Å². The largest absolute Gasteiger partial charge is 0.467 e. The molecule has 2 N–H and O–H groups in total. The molecule has 0 heterocycles. The summed E-state index contributed by atoms with van der Waals surface area (Å²) in [5.74, 6) is 4.94. The minimum Gasteiger partial charge on any atom is -0.467 e. The molecule has 0 aliphatic heterocycles. The summed E-state index contributed by atoms with van der Waals surface area (Å²) in [4.78, 5) is 34.5. The normalized spacial score (nSPS) is 10.7. The monoisotopic (exact) mass is 428 g/mol. The number of methoxy groups -OCH3 is 1. The molecule has 1 atom stereocenters. The first-order chi connectivity index (χ1) is 13.0. The van der Waals surface area contributed by atoms with Gasteiger partial charge >= 0.3 is 5.97 Å². The van der Waals surface area contributed by atoms with Crippen LogP contribution in [0.2, 0.25) is 0 Å². The van der Waals surface area contributed by atoms with Crippen molar-refractivity contribution in [1.29, 1.82) is 0 Å². The number of hydrogen-bond donors (Lipinski definition) is 2. The molecule has 0 radical (unpaired) electrons. The van der Waals surface area contributed by atoms with Crippen molar-refractivity contribution in [3.63, 3.8) is 0 Å². The average Bonchev–Trinajstić information content (AvgIpc) is 2.69. The zero-order valence-electron chi connectivity index (χ0n) is 14.5. The maximum absolute atomic E-state index is 12.3. The molecule has 0 aliphatic carbocycles. The van der Waals surface area contributed by atoms with Crippen molar-refractivity contribution in [2.75, 3.05) is 13.7 Å². The van der Waals surface area contributed by atoms with Gasteiger partial charge in [0.2, 0.25) is 0 Å². The molecule has 7 heteroatoms. The number of carbonyl (C=O) groups is 3. The summed E-state index contributed by atoms with van der Waals surface area (Å²) in [5.41, 5.74) is 2.01. The van der Waals surface area contributed by atoms with Crippen LogP contribution in [0.4, 0.5) is 4.79 Å². The third-order valence-electron chi connectivity index (χ3n) is 3.51. The molecule has 0 spiro atoms. The van der Waals surface area contributed by atoms with E-state index in [4.69, 9.17) is 0 Å². The number of hydrogen-bond acceptors (Lipinski definition) is 4. The first kappa shape index (κ1) is 20.2. The second-order valence-electron chi connectivity index (χ2n) is 5.40. The summed E-state index contributed by atoms with van der Waals surface area (Å²) in [6.07, 6.45) is 0. The van der Waals surface area contributed by atoms with Crippen molar-refractivity contribution < 1.29 is 19.1 Å². The Kier molecular flexibility index (Phi) is 7.59. The van der Waals surface area contributed by atoms with E-state index in [-0.39, 0.29) is 6.54 Å². The Morgan fingerprint density at radius 3 is 2.15 bits per heavy atom. The minimum atomic E-state index is -0.999. The van der Waals surface area contributed by atoms with Gasteiger partial charge in [-0.3, -0.25) is 9.59 Å². The molecular weight excluding hydrogens is 412 g/mol. The van der Waals surface area contributed by atoms with Crippen LogP contribution in [0.1, 0.15) is 21.5 Å². The van der Waals surface area contributed by atoms with Crippen molar-refractivity contribution in [2.24, 2.45) is 0 Å². The van der Waals surface area contributed by atoms with Crippen LogP contribution >= 0.6 is 15.9 Å². The molecule has 138 valence electrons. The minimum absolute atomic E-state index is 0.0941. The van der Waals surface area contributed by atoms with E-state index in [9.17, 15) is 14.4 Å². The number of benzene rings is 2. The first-order valence-electron chi connectivity index (χ1n) is 7.98. The molecule has 0 unspecified atom stereocenters. The summed E-state index contributed by atoms with van der Waals surface area (Å²) in [6, 6.07) is 15.2. The number of carbonyl (C=O) groups excluding carboxylic acids is 3. The third-order valence-corrected chi connectivity index (χ3v) is 3.79. The summed E-state index contributed by atoms with van der Waals surface area (Å²) >= 11 is 2.70. The quantitative estimate of drug-likeness (QED) is 0.331. The lowest BCUT2D eigenvalue weighted by molar-refractivity contribution is -0.142. The fraction of sp³-hybridized carbons (Fsp3) is 0.150. The van der Waals surface area contributed by atoms with E-state index in [0.29, 0.717) is 5.56 Å². The summed E-state index contributed by atoms with van der Waals surface area (Å²) in [7, 11) is 1.21. The molecule has 0 aromatic heterocycles. The van der Waals surface area contributed by atoms with Crippen LogP contribution in [-0.2, 0) is 9.53 Å². The molecule has 2 aromatic rings. The molecular formula is C20H17BrN2O4. The van der Waals surface area contributed by atoms with Crippen LogP contribution < -0.4 is 10.6 Å². The molecule has 2 amide bonds. The fourth-order valence-corrected chi connectivity index (χ4v) is 2.29. The smallest absolute Gasteiger partial charge is 0.330 e. The predicted octanol–water partition coefficient (Wildman–Crippen LogP) is 2.46. The third kappa shape index (κ3) is 6.60. The summed E-state index contributed by atoms with van der Waals surface area (Å²) in [5, 5.41) is 4.93. The highest BCUT2D eigenvalue weighted by Gasteiger charge is 2.22. The lowest BCUT2D eigenvalue weighted by Gasteiger charge is -2.16. The number of rotatable bonds is 5. The van der Waals surface area contributed by atoms with Crippen molar-refractivity contribution >= 4 is 32.6 Å². The van der Waals surface area contributed by atoms with Gasteiger partial charge in [0, 0.05) is 39.2 Å². The Balaban J connectivity index is 2.04. The van der Waals surface area contributed by atoms with Gasteiger partial charge in [0.25, 0.3) is 10.7 Å². The number of ether oxygens (including phenoxy) is 1. The molecule has 0 saturated carbocycles. The van der Waals surface area contributed by atoms with Gasteiger partial charge in [-0.15, -0.1) is 0 Å². The summed E-state index contributed by atoms with van der Waals surface area (Å²) < 4.78 is 4.64. The molecule has 0 bridgehead atoms. The molecule has 2 aromatic carbocycles. The SMILES string of the molecule is COC(=O)[C@H](CNC(=O)Br)NC(=O)c1ccc(C#Cc2ccccc2)cc1. The Labute approximate surface area is 165 Å². The van der Waals surface area contributed by atoms with Gasteiger partial charge in [-0.1, -0.05) is 30.0 Å². The standard InChI is InChI=1S/C20H17BrN2O4/c1-27-19(25)17(13-22-20(21)26)23-18(24)16-11-9-15(10-12-16)8-7-14-5-3-2-4-6-14/h2-6,9-12,17H,13H2,1H3,(H,22,26)(H,23,24)/t17-/m0/s1. The average molecular weight is 429 g/mol. The summed E-state index contributed by atoms with van der Waals surface area (Å²) in [6.45, 7) is -0.0941. The van der Waals surface area contributed by atoms with Gasteiger partial charge < -0.3 is 15.4 Å². The topological polar surface area (TPSA) is 84.5 Å². The van der Waals surface area contributed by atoms with Gasteiger partial charge in [0.15, 0.2) is 0 Å². The second-order valence-corrected chi connectivity index (χ2v) is 6.12. The van der Waals surface area contributed by atoms with Crippen molar-refractivity contribution in [3.8, 4) is 11.8 Å². The molecule has 0 fully saturated rings. The highest BCUT2D eigenvalue weighted by atomic mass is 79.9. The van der Waals surface area contributed by atoms with E-state index in [2.05, 4.69) is 43.1 Å². The molecule has 0 saturated heterocycles. The first-order valence-corrected chi connectivity index (χ1v) is 8.78. The maximum Gasteiger partial charge on any atom is 0.330 e. The van der Waals surface area contributed by atoms with Gasteiger partial charge in [0.05, 0.1) is 7.11 Å². The zero-order chi connectivity index (χ0) is 19.6. The van der Waals surface area contributed by atoms with E-state index < -0.39 is 22.7 Å². The molecule has 2 rings (SSSR count). The highest BCUT2D eigenvalue weighted by molar-refractivity contribution is 9.18. The Bertz CT molecular complexity index is 870. The molecule has 27 heavy (non-hydrogen) atoms. The van der Waals surface area contributed by atoms with Crippen molar-refractivity contribution in [2.45, 2.75) is 6.04 Å². The number of amides is 2. The zero-order valence-corrected chi connectivity index (χ0v) is 16.1. The van der Waals surface area contributed by atoms with Crippen LogP contribution in [0.25, 0.3) is 0 Å². The number of esters is 1. The Morgan fingerprint density at radius 1 is 1.00 bits per heavy atom. The lowest BCUT2D eigenvalue weighted by Crippen LogP contribution is -2.48. The van der Waals surface area contributed by atoms with Crippen LogP contribution in [0.15, 0.2) is 54.6 Å². The maximum atomic E-state index is 12.3. The Morgan fingerprint density at radius 2 is 1.59 bits per heavy atom. The number of nitrogens with one attached hydrogen (secondary N) is 2. The fourth-order valence-electron chi connectivity index (χ4n) is 2.13. The van der Waals surface area contributed by atoms with Gasteiger partial charge in [0.1, 0.15) is 6.04 Å². The molecule has 0 aliphatic rings. The van der Waals surface area contributed by atoms with Crippen LogP contribution in [0.5, 0.6) is 0 Å². The Hall–Kier alpha value is -3.11. The van der Waals surface area contributed by atoms with Gasteiger partial charge in [-0.05, 0) is 36.4 Å². The van der Waals surface area contributed by atoms with E-state index >= 15 is 0 Å². The lowest BCUT2D eigenvalue weighted by atomic mass is 10.1. The number of halogens is 1. The van der Waals surface area contributed by atoms with Crippen LogP contribution in [0.3, 0.4) is 0 Å². The van der Waals surface area contributed by atoms with E-state index in [0.717, 1.165) is 11.1 Å². The van der Waals surface area contributed by atoms with Crippen LogP contribution in [-0.4, -0.2) is 36.4 Å². The van der Waals surface area contributed by atoms with Crippen molar-refractivity contribution in [1.82, 2.24) is 10.6 Å². The predicted molar refractivity (Wildman–Crippen MR) is 104 cm³/mol. The van der Waals surface area contributed by atoms with Crippen LogP contribution in [0, 0.1) is 11.8 Å². The van der Waals surface area contributed by atoms with E-state index in [1.165, 1.54) is 7.11 Å². The highest BCUT2D eigenvalue weighted by Crippen LogP contribution is 2.05. The van der Waals surface area contributed by atoms with Crippen molar-refractivity contribution in [3.05, 3.63) is 71.3 Å². The van der Waals surface area contributed by atoms with E-state index in [1.807, 2.05) is 30.3 Å². The molecule has 6 nitrogen and oxygen atoms in total. The van der Waals surface area contributed by atoms with Gasteiger partial charge in [-0.25, -0.2) is 4.79 Å².